The molecule has 21 heavy (non-hydrogen) atoms. The van der Waals surface area contributed by atoms with Crippen LogP contribution in [-0.2, 0) is 12.8 Å². The lowest BCUT2D eigenvalue weighted by molar-refractivity contribution is 0.413. The molecule has 3 heteroatoms. The lowest BCUT2D eigenvalue weighted by Crippen LogP contribution is -2.27. The lowest BCUT2D eigenvalue weighted by atomic mass is 9.88. The second-order valence-electron chi connectivity index (χ2n) is 5.65. The maximum absolute atomic E-state index is 6.31. The van der Waals surface area contributed by atoms with Crippen LogP contribution in [0.1, 0.15) is 23.1 Å². The molecule has 0 radical (unpaired) electrons. The molecule has 0 aliphatic heterocycles. The molecule has 110 valence electrons. The van der Waals surface area contributed by atoms with Crippen molar-refractivity contribution in [2.45, 2.75) is 32.2 Å². The molecule has 0 saturated heterocycles. The van der Waals surface area contributed by atoms with E-state index in [1.54, 1.807) is 7.11 Å². The van der Waals surface area contributed by atoms with Gasteiger partial charge in [0.2, 0.25) is 0 Å². The van der Waals surface area contributed by atoms with Gasteiger partial charge in [-0.15, -0.1) is 0 Å². The summed E-state index contributed by atoms with van der Waals surface area (Å²) < 4.78 is 5.33. The Bertz CT molecular complexity index is 633. The summed E-state index contributed by atoms with van der Waals surface area (Å²) in [5.74, 6) is 0.934. The number of anilines is 1. The Kier molecular flexibility index (Phi) is 4.07. The van der Waals surface area contributed by atoms with Crippen LogP contribution in [0.25, 0.3) is 0 Å². The van der Waals surface area contributed by atoms with Crippen molar-refractivity contribution < 1.29 is 4.74 Å². The monoisotopic (exact) mass is 301 g/mol. The number of hydrogen-bond donors (Lipinski definition) is 1. The predicted octanol–water partition coefficient (Wildman–Crippen LogP) is 4.63. The predicted molar refractivity (Wildman–Crippen MR) is 88.6 cm³/mol. The summed E-state index contributed by atoms with van der Waals surface area (Å²) in [6.45, 7) is 2.09. The third-order valence-electron chi connectivity index (χ3n) is 4.21. The van der Waals surface area contributed by atoms with Crippen molar-refractivity contribution in [3.63, 3.8) is 0 Å². The fourth-order valence-electron chi connectivity index (χ4n) is 3.00. The molecule has 1 unspecified atom stereocenters. The number of aryl methyl sites for hydroxylation is 2. The molecule has 0 spiro atoms. The van der Waals surface area contributed by atoms with Gasteiger partial charge >= 0.3 is 0 Å². The number of methoxy groups -OCH3 is 1. The average Bonchev–Trinajstić information content (AvgIpc) is 2.50. The van der Waals surface area contributed by atoms with Gasteiger partial charge in [0, 0.05) is 6.04 Å². The van der Waals surface area contributed by atoms with Gasteiger partial charge in [0.1, 0.15) is 5.75 Å². The van der Waals surface area contributed by atoms with Crippen LogP contribution in [0.5, 0.6) is 5.75 Å². The smallest absolute Gasteiger partial charge is 0.119 e. The number of rotatable bonds is 3. The van der Waals surface area contributed by atoms with Gasteiger partial charge in [-0.25, -0.2) is 0 Å². The van der Waals surface area contributed by atoms with Gasteiger partial charge in [0.25, 0.3) is 0 Å². The third-order valence-corrected chi connectivity index (χ3v) is 4.53. The lowest BCUT2D eigenvalue weighted by Gasteiger charge is -2.27. The number of ether oxygens (including phenoxy) is 1. The summed E-state index contributed by atoms with van der Waals surface area (Å²) in [6.07, 6.45) is 3.24. The van der Waals surface area contributed by atoms with Crippen LogP contribution in [-0.4, -0.2) is 13.2 Å². The Morgan fingerprint density at radius 1 is 1.19 bits per heavy atom. The van der Waals surface area contributed by atoms with Gasteiger partial charge in [-0.2, -0.15) is 0 Å². The number of benzene rings is 2. The molecule has 3 rings (SSSR count). The van der Waals surface area contributed by atoms with Crippen LogP contribution in [0.2, 0.25) is 5.02 Å². The minimum absolute atomic E-state index is 0.420. The van der Waals surface area contributed by atoms with Crippen molar-refractivity contribution in [1.29, 1.82) is 0 Å². The van der Waals surface area contributed by atoms with Crippen molar-refractivity contribution in [1.82, 2.24) is 0 Å². The normalized spacial score (nSPS) is 17.2. The first-order valence-corrected chi connectivity index (χ1v) is 7.72. The van der Waals surface area contributed by atoms with Gasteiger partial charge in [-0.05, 0) is 61.1 Å². The Balaban J connectivity index is 1.80. The SMILES string of the molecule is COc1ccc2c(c1)CC(Nc1c(C)cccc1Cl)CC2. The molecule has 2 aromatic rings. The van der Waals surface area contributed by atoms with E-state index in [9.17, 15) is 0 Å². The fraction of sp³-hybridized carbons (Fsp3) is 0.333. The molecule has 1 N–H and O–H groups in total. The largest absolute Gasteiger partial charge is 0.497 e. The van der Waals surface area contributed by atoms with Crippen molar-refractivity contribution in [2.24, 2.45) is 0 Å². The summed E-state index contributed by atoms with van der Waals surface area (Å²) in [5.41, 5.74) is 5.07. The number of nitrogens with one attached hydrogen (secondary N) is 1. The molecule has 0 heterocycles. The van der Waals surface area contributed by atoms with E-state index in [1.165, 1.54) is 16.7 Å². The second kappa shape index (κ2) is 5.98. The van der Waals surface area contributed by atoms with Crippen molar-refractivity contribution in [3.8, 4) is 5.75 Å². The van der Waals surface area contributed by atoms with Crippen LogP contribution in [0, 0.1) is 6.92 Å². The van der Waals surface area contributed by atoms with E-state index in [0.717, 1.165) is 35.7 Å². The Labute approximate surface area is 131 Å². The van der Waals surface area contributed by atoms with Gasteiger partial charge in [-0.3, -0.25) is 0 Å². The standard InChI is InChI=1S/C18H20ClNO/c1-12-4-3-5-17(19)18(12)20-15-8-6-13-7-9-16(21-2)11-14(13)10-15/h3-5,7,9,11,15,20H,6,8,10H2,1-2H3. The minimum atomic E-state index is 0.420. The van der Waals surface area contributed by atoms with Crippen molar-refractivity contribution in [3.05, 3.63) is 58.1 Å². The van der Waals surface area contributed by atoms with Gasteiger partial charge in [0.15, 0.2) is 0 Å². The summed E-state index contributed by atoms with van der Waals surface area (Å²) >= 11 is 6.31. The maximum Gasteiger partial charge on any atom is 0.119 e. The zero-order valence-corrected chi connectivity index (χ0v) is 13.2. The maximum atomic E-state index is 6.31. The van der Waals surface area contributed by atoms with Gasteiger partial charge < -0.3 is 10.1 Å². The summed E-state index contributed by atoms with van der Waals surface area (Å²) in [6, 6.07) is 12.8. The third kappa shape index (κ3) is 3.01. The molecule has 1 atom stereocenters. The second-order valence-corrected chi connectivity index (χ2v) is 6.06. The van der Waals surface area contributed by atoms with Crippen LogP contribution >= 0.6 is 11.6 Å². The molecule has 2 aromatic carbocycles. The zero-order chi connectivity index (χ0) is 14.8. The molecule has 0 aromatic heterocycles. The quantitative estimate of drug-likeness (QED) is 0.892. The zero-order valence-electron chi connectivity index (χ0n) is 12.4. The van der Waals surface area contributed by atoms with E-state index in [0.29, 0.717) is 6.04 Å². The Hall–Kier alpha value is -1.67. The first-order valence-electron chi connectivity index (χ1n) is 7.35. The van der Waals surface area contributed by atoms with E-state index in [4.69, 9.17) is 16.3 Å². The van der Waals surface area contributed by atoms with Crippen molar-refractivity contribution in [2.75, 3.05) is 12.4 Å². The van der Waals surface area contributed by atoms with Gasteiger partial charge in [-0.1, -0.05) is 29.8 Å². The first kappa shape index (κ1) is 14.3. The minimum Gasteiger partial charge on any atom is -0.497 e. The molecular weight excluding hydrogens is 282 g/mol. The number of para-hydroxylation sites is 1. The van der Waals surface area contributed by atoms with Crippen LogP contribution < -0.4 is 10.1 Å². The van der Waals surface area contributed by atoms with Crippen LogP contribution in [0.3, 0.4) is 0 Å². The molecule has 2 nitrogen and oxygen atoms in total. The molecular formula is C18H20ClNO. The fourth-order valence-corrected chi connectivity index (χ4v) is 3.28. The van der Waals surface area contributed by atoms with E-state index in [2.05, 4.69) is 30.4 Å². The molecule has 1 aliphatic carbocycles. The van der Waals surface area contributed by atoms with E-state index >= 15 is 0 Å². The summed E-state index contributed by atoms with van der Waals surface area (Å²) in [5, 5.41) is 4.42. The Morgan fingerprint density at radius 2 is 2.05 bits per heavy atom. The topological polar surface area (TPSA) is 21.3 Å². The number of halogens is 1. The molecule has 0 amide bonds. The highest BCUT2D eigenvalue weighted by Gasteiger charge is 2.20. The summed E-state index contributed by atoms with van der Waals surface area (Å²) in [4.78, 5) is 0. The molecule has 0 saturated carbocycles. The first-order chi connectivity index (χ1) is 10.2. The number of fused-ring (bicyclic) bond motifs is 1. The average molecular weight is 302 g/mol. The number of hydrogen-bond acceptors (Lipinski definition) is 2. The molecule has 1 aliphatic rings. The van der Waals surface area contributed by atoms with E-state index in [1.807, 2.05) is 18.2 Å². The highest BCUT2D eigenvalue weighted by atomic mass is 35.5. The van der Waals surface area contributed by atoms with Gasteiger partial charge in [0.05, 0.1) is 17.8 Å². The van der Waals surface area contributed by atoms with E-state index < -0.39 is 0 Å². The van der Waals surface area contributed by atoms with Crippen LogP contribution in [0.15, 0.2) is 36.4 Å². The van der Waals surface area contributed by atoms with E-state index in [-0.39, 0.29) is 0 Å². The highest BCUT2D eigenvalue weighted by Crippen LogP contribution is 2.30. The molecule has 0 fully saturated rings. The molecule has 0 bridgehead atoms. The summed E-state index contributed by atoms with van der Waals surface area (Å²) in [7, 11) is 1.72. The van der Waals surface area contributed by atoms with Crippen molar-refractivity contribution >= 4 is 17.3 Å². The Morgan fingerprint density at radius 3 is 2.81 bits per heavy atom. The van der Waals surface area contributed by atoms with Crippen LogP contribution in [0.4, 0.5) is 5.69 Å². The highest BCUT2D eigenvalue weighted by molar-refractivity contribution is 6.33.